The minimum Gasteiger partial charge on any atom is -0.303 e. The number of likely N-dealkylation sites (tertiary alicyclic amines) is 1. The smallest absolute Gasteiger partial charge is 0.164 e. The molecule has 1 aromatic rings. The zero-order valence-corrected chi connectivity index (χ0v) is 13.3. The average molecular weight is 324 g/mol. The summed E-state index contributed by atoms with van der Waals surface area (Å²) >= 11 is 3.39. The summed E-state index contributed by atoms with van der Waals surface area (Å²) in [4.78, 5) is 14.5. The second kappa shape index (κ2) is 6.67. The number of rotatable bonds is 4. The Labute approximate surface area is 124 Å². The van der Waals surface area contributed by atoms with Crippen molar-refractivity contribution in [3.63, 3.8) is 0 Å². The van der Waals surface area contributed by atoms with Crippen molar-refractivity contribution < 1.29 is 4.79 Å². The van der Waals surface area contributed by atoms with Crippen molar-refractivity contribution in [2.24, 2.45) is 11.8 Å². The first kappa shape index (κ1) is 14.7. The first-order valence-electron chi connectivity index (χ1n) is 7.07. The molecule has 1 aromatic carbocycles. The molecule has 19 heavy (non-hydrogen) atoms. The molecule has 0 saturated carbocycles. The van der Waals surface area contributed by atoms with Crippen LogP contribution >= 0.6 is 15.9 Å². The number of nitrogens with zero attached hydrogens (tertiary/aromatic N) is 1. The number of ketones is 1. The van der Waals surface area contributed by atoms with Crippen LogP contribution in [0.2, 0.25) is 0 Å². The third-order valence-electron chi connectivity index (χ3n) is 4.24. The monoisotopic (exact) mass is 323 g/mol. The Hall–Kier alpha value is -0.670. The van der Waals surface area contributed by atoms with Gasteiger partial charge in [-0.3, -0.25) is 4.79 Å². The van der Waals surface area contributed by atoms with Crippen LogP contribution in [0.1, 0.15) is 37.0 Å². The van der Waals surface area contributed by atoms with Gasteiger partial charge in [-0.2, -0.15) is 0 Å². The van der Waals surface area contributed by atoms with Crippen molar-refractivity contribution in [3.8, 4) is 0 Å². The van der Waals surface area contributed by atoms with Crippen LogP contribution in [0.25, 0.3) is 0 Å². The molecule has 1 saturated heterocycles. The van der Waals surface area contributed by atoms with Crippen LogP contribution in [0.3, 0.4) is 0 Å². The maximum atomic E-state index is 12.1. The van der Waals surface area contributed by atoms with Gasteiger partial charge in [-0.15, -0.1) is 0 Å². The quantitative estimate of drug-likeness (QED) is 0.780. The highest BCUT2D eigenvalue weighted by molar-refractivity contribution is 9.10. The Kier molecular flexibility index (Phi) is 5.17. The summed E-state index contributed by atoms with van der Waals surface area (Å²) in [5.41, 5.74) is 0.821. The van der Waals surface area contributed by atoms with Crippen LogP contribution in [0.5, 0.6) is 0 Å². The van der Waals surface area contributed by atoms with Gasteiger partial charge in [0.1, 0.15) is 0 Å². The number of piperidine rings is 1. The molecule has 0 aromatic heterocycles. The fourth-order valence-electron chi connectivity index (χ4n) is 2.59. The van der Waals surface area contributed by atoms with E-state index in [4.69, 9.17) is 0 Å². The van der Waals surface area contributed by atoms with Crippen molar-refractivity contribution in [1.29, 1.82) is 0 Å². The van der Waals surface area contributed by atoms with Crippen LogP contribution in [0.15, 0.2) is 28.7 Å². The SMILES string of the molecule is CC1CCN(CCC(=O)c2ccc(Br)cc2)CC1C. The standard InChI is InChI=1S/C16H22BrNO/c1-12-7-9-18(11-13(12)2)10-8-16(19)14-3-5-15(17)6-4-14/h3-6,12-13H,7-11H2,1-2H3. The Bertz CT molecular complexity index is 429. The van der Waals surface area contributed by atoms with Gasteiger partial charge in [0, 0.05) is 29.5 Å². The summed E-state index contributed by atoms with van der Waals surface area (Å²) in [7, 11) is 0. The number of hydrogen-bond acceptors (Lipinski definition) is 2. The molecule has 0 bridgehead atoms. The Balaban J connectivity index is 1.82. The topological polar surface area (TPSA) is 20.3 Å². The van der Waals surface area contributed by atoms with E-state index < -0.39 is 0 Å². The third-order valence-corrected chi connectivity index (χ3v) is 4.77. The molecule has 0 amide bonds. The number of hydrogen-bond donors (Lipinski definition) is 0. The van der Waals surface area contributed by atoms with Crippen LogP contribution in [0.4, 0.5) is 0 Å². The molecule has 0 aliphatic carbocycles. The van der Waals surface area contributed by atoms with E-state index in [0.29, 0.717) is 6.42 Å². The third kappa shape index (κ3) is 4.15. The van der Waals surface area contributed by atoms with E-state index in [1.807, 2.05) is 24.3 Å². The van der Waals surface area contributed by atoms with Gasteiger partial charge in [-0.25, -0.2) is 0 Å². The lowest BCUT2D eigenvalue weighted by Crippen LogP contribution is -2.39. The summed E-state index contributed by atoms with van der Waals surface area (Å²) in [6.45, 7) is 7.81. The lowest BCUT2D eigenvalue weighted by molar-refractivity contribution is 0.0927. The van der Waals surface area contributed by atoms with Crippen LogP contribution < -0.4 is 0 Å². The van der Waals surface area contributed by atoms with E-state index in [0.717, 1.165) is 41.5 Å². The number of benzene rings is 1. The number of Topliss-reactive ketones (excluding diaryl/α,β-unsaturated/α-hetero) is 1. The molecule has 1 fully saturated rings. The summed E-state index contributed by atoms with van der Waals surface area (Å²) in [6, 6.07) is 7.65. The average Bonchev–Trinajstić information content (AvgIpc) is 2.40. The second-order valence-electron chi connectivity index (χ2n) is 5.72. The van der Waals surface area contributed by atoms with Gasteiger partial charge in [-0.1, -0.05) is 41.9 Å². The van der Waals surface area contributed by atoms with Crippen molar-refractivity contribution in [3.05, 3.63) is 34.3 Å². The van der Waals surface area contributed by atoms with Gasteiger partial charge >= 0.3 is 0 Å². The summed E-state index contributed by atoms with van der Waals surface area (Å²) in [5, 5.41) is 0. The number of carbonyl (C=O) groups is 1. The molecule has 0 N–H and O–H groups in total. The first-order chi connectivity index (χ1) is 9.06. The summed E-state index contributed by atoms with van der Waals surface area (Å²) < 4.78 is 1.02. The fraction of sp³-hybridized carbons (Fsp3) is 0.562. The van der Waals surface area contributed by atoms with E-state index in [9.17, 15) is 4.79 Å². The van der Waals surface area contributed by atoms with Gasteiger partial charge in [0.15, 0.2) is 5.78 Å². The highest BCUT2D eigenvalue weighted by Gasteiger charge is 2.22. The summed E-state index contributed by atoms with van der Waals surface area (Å²) in [5.74, 6) is 1.81. The van der Waals surface area contributed by atoms with E-state index >= 15 is 0 Å². The normalized spacial score (nSPS) is 24.4. The van der Waals surface area contributed by atoms with Gasteiger partial charge < -0.3 is 4.90 Å². The lowest BCUT2D eigenvalue weighted by Gasteiger charge is -2.35. The number of halogens is 1. The Morgan fingerprint density at radius 1 is 1.26 bits per heavy atom. The molecule has 2 nitrogen and oxygen atoms in total. The van der Waals surface area contributed by atoms with Crippen molar-refractivity contribution >= 4 is 21.7 Å². The molecule has 2 rings (SSSR count). The van der Waals surface area contributed by atoms with Gasteiger partial charge in [0.2, 0.25) is 0 Å². The molecular weight excluding hydrogens is 302 g/mol. The maximum absolute atomic E-state index is 12.1. The molecule has 3 heteroatoms. The fourth-order valence-corrected chi connectivity index (χ4v) is 2.86. The Morgan fingerprint density at radius 3 is 2.58 bits per heavy atom. The van der Waals surface area contributed by atoms with Crippen LogP contribution in [0, 0.1) is 11.8 Å². The van der Waals surface area contributed by atoms with E-state index in [1.54, 1.807) is 0 Å². The number of carbonyl (C=O) groups excluding carboxylic acids is 1. The van der Waals surface area contributed by atoms with Gasteiger partial charge in [0.25, 0.3) is 0 Å². The zero-order chi connectivity index (χ0) is 13.8. The second-order valence-corrected chi connectivity index (χ2v) is 6.64. The molecule has 0 radical (unpaired) electrons. The van der Waals surface area contributed by atoms with Crippen molar-refractivity contribution in [2.45, 2.75) is 26.7 Å². The molecule has 2 unspecified atom stereocenters. The summed E-state index contributed by atoms with van der Waals surface area (Å²) in [6.07, 6.45) is 1.89. The molecule has 1 aliphatic heterocycles. The minimum absolute atomic E-state index is 0.249. The Morgan fingerprint density at radius 2 is 1.95 bits per heavy atom. The van der Waals surface area contributed by atoms with Crippen molar-refractivity contribution in [1.82, 2.24) is 4.90 Å². The first-order valence-corrected chi connectivity index (χ1v) is 7.86. The molecular formula is C16H22BrNO. The van der Waals surface area contributed by atoms with Gasteiger partial charge in [0.05, 0.1) is 0 Å². The van der Waals surface area contributed by atoms with E-state index in [-0.39, 0.29) is 5.78 Å². The predicted molar refractivity (Wildman–Crippen MR) is 82.5 cm³/mol. The molecule has 2 atom stereocenters. The minimum atomic E-state index is 0.249. The highest BCUT2D eigenvalue weighted by atomic mass is 79.9. The lowest BCUT2D eigenvalue weighted by atomic mass is 9.88. The zero-order valence-electron chi connectivity index (χ0n) is 11.7. The van der Waals surface area contributed by atoms with Crippen LogP contribution in [-0.2, 0) is 0 Å². The maximum Gasteiger partial charge on any atom is 0.164 e. The van der Waals surface area contributed by atoms with Crippen LogP contribution in [-0.4, -0.2) is 30.3 Å². The largest absolute Gasteiger partial charge is 0.303 e. The molecule has 104 valence electrons. The predicted octanol–water partition coefficient (Wildman–Crippen LogP) is 4.00. The van der Waals surface area contributed by atoms with E-state index in [2.05, 4.69) is 34.7 Å². The molecule has 1 heterocycles. The van der Waals surface area contributed by atoms with Gasteiger partial charge in [-0.05, 0) is 36.9 Å². The van der Waals surface area contributed by atoms with Crippen molar-refractivity contribution in [2.75, 3.05) is 19.6 Å². The highest BCUT2D eigenvalue weighted by Crippen LogP contribution is 2.22. The van der Waals surface area contributed by atoms with E-state index in [1.165, 1.54) is 6.42 Å². The molecule has 1 aliphatic rings. The molecule has 0 spiro atoms.